The van der Waals surface area contributed by atoms with Gasteiger partial charge in [0.05, 0.1) is 5.75 Å². The third-order valence-corrected chi connectivity index (χ3v) is 5.73. The lowest BCUT2D eigenvalue weighted by molar-refractivity contribution is -0.131. The average Bonchev–Trinajstić information content (AvgIpc) is 2.82. The van der Waals surface area contributed by atoms with Crippen molar-refractivity contribution < 1.29 is 4.79 Å². The van der Waals surface area contributed by atoms with Crippen LogP contribution in [0.4, 0.5) is 0 Å². The fourth-order valence-electron chi connectivity index (χ4n) is 3.11. The molecule has 1 heterocycles. The molecule has 3 rings (SSSR count). The fourth-order valence-corrected chi connectivity index (χ4v) is 4.76. The molecule has 1 saturated heterocycles. The Morgan fingerprint density at radius 2 is 2.00 bits per heavy atom. The number of amides is 1. The number of hydrogen-bond donors (Lipinski definition) is 0. The molecule has 0 radical (unpaired) electrons. The van der Waals surface area contributed by atoms with Crippen LogP contribution in [0.2, 0.25) is 0 Å². The second-order valence-corrected chi connectivity index (χ2v) is 7.30. The van der Waals surface area contributed by atoms with Crippen molar-refractivity contribution in [3.63, 3.8) is 0 Å². The minimum Gasteiger partial charge on any atom is -0.323 e. The lowest BCUT2D eigenvalue weighted by Crippen LogP contribution is -2.39. The highest BCUT2D eigenvalue weighted by Gasteiger charge is 2.37. The van der Waals surface area contributed by atoms with Crippen LogP contribution in [-0.4, -0.2) is 22.6 Å². The standard InChI is InChI=1S/C15H18BrNOS/c16-12-6-4-5-11(9-12)15-17(14(18)10-19-15)13-7-2-1-3-8-13/h4-6,9,13,15H,1-3,7-8,10H2. The first-order chi connectivity index (χ1) is 9.25. The summed E-state index contributed by atoms with van der Waals surface area (Å²) in [4.78, 5) is 14.4. The van der Waals surface area contributed by atoms with E-state index in [0.717, 1.165) is 4.47 Å². The van der Waals surface area contributed by atoms with Crippen LogP contribution < -0.4 is 0 Å². The Balaban J connectivity index is 1.85. The largest absolute Gasteiger partial charge is 0.323 e. The fraction of sp³-hybridized carbons (Fsp3) is 0.533. The van der Waals surface area contributed by atoms with Gasteiger partial charge in [-0.3, -0.25) is 4.79 Å². The molecule has 102 valence electrons. The number of carbonyl (C=O) groups is 1. The third-order valence-electron chi connectivity index (χ3n) is 4.01. The maximum atomic E-state index is 12.2. The molecule has 1 aromatic carbocycles. The van der Waals surface area contributed by atoms with E-state index in [-0.39, 0.29) is 5.37 Å². The van der Waals surface area contributed by atoms with Crippen LogP contribution in [-0.2, 0) is 4.79 Å². The topological polar surface area (TPSA) is 20.3 Å². The molecule has 0 bridgehead atoms. The lowest BCUT2D eigenvalue weighted by atomic mass is 9.93. The third kappa shape index (κ3) is 2.84. The molecule has 1 atom stereocenters. The van der Waals surface area contributed by atoms with Gasteiger partial charge in [-0.15, -0.1) is 11.8 Å². The quantitative estimate of drug-likeness (QED) is 0.797. The zero-order valence-corrected chi connectivity index (χ0v) is 13.3. The van der Waals surface area contributed by atoms with Gasteiger partial charge in [0.15, 0.2) is 0 Å². The highest BCUT2D eigenvalue weighted by Crippen LogP contribution is 2.43. The molecule has 2 aliphatic rings. The smallest absolute Gasteiger partial charge is 0.234 e. The van der Waals surface area contributed by atoms with E-state index < -0.39 is 0 Å². The van der Waals surface area contributed by atoms with Crippen LogP contribution in [0.3, 0.4) is 0 Å². The summed E-state index contributed by atoms with van der Waals surface area (Å²) in [6.07, 6.45) is 6.22. The first-order valence-electron chi connectivity index (χ1n) is 6.94. The minimum atomic E-state index is 0.216. The van der Waals surface area contributed by atoms with Gasteiger partial charge in [-0.25, -0.2) is 0 Å². The van der Waals surface area contributed by atoms with E-state index in [0.29, 0.717) is 17.7 Å². The molecule has 1 aliphatic heterocycles. The molecular weight excluding hydrogens is 322 g/mol. The number of carbonyl (C=O) groups excluding carboxylic acids is 1. The predicted molar refractivity (Wildman–Crippen MR) is 83.1 cm³/mol. The number of halogens is 1. The normalized spacial score (nSPS) is 25.0. The molecule has 19 heavy (non-hydrogen) atoms. The summed E-state index contributed by atoms with van der Waals surface area (Å²) in [5.74, 6) is 0.954. The minimum absolute atomic E-state index is 0.216. The first kappa shape index (κ1) is 13.5. The van der Waals surface area contributed by atoms with Crippen LogP contribution in [0, 0.1) is 0 Å². The van der Waals surface area contributed by atoms with Crippen molar-refractivity contribution in [2.24, 2.45) is 0 Å². The van der Waals surface area contributed by atoms with Gasteiger partial charge in [-0.05, 0) is 30.5 Å². The van der Waals surface area contributed by atoms with E-state index >= 15 is 0 Å². The zero-order chi connectivity index (χ0) is 13.2. The van der Waals surface area contributed by atoms with Gasteiger partial charge in [0.1, 0.15) is 5.37 Å². The number of nitrogens with zero attached hydrogens (tertiary/aromatic N) is 1. The SMILES string of the molecule is O=C1CSC(c2cccc(Br)c2)N1C1CCCCC1. The van der Waals surface area contributed by atoms with Crippen LogP contribution >= 0.6 is 27.7 Å². The average molecular weight is 340 g/mol. The van der Waals surface area contributed by atoms with Gasteiger partial charge in [0.2, 0.25) is 5.91 Å². The molecule has 2 nitrogen and oxygen atoms in total. The van der Waals surface area contributed by atoms with E-state index in [1.54, 1.807) is 11.8 Å². The monoisotopic (exact) mass is 339 g/mol. The number of thioether (sulfide) groups is 1. The number of rotatable bonds is 2. The van der Waals surface area contributed by atoms with Gasteiger partial charge in [-0.2, -0.15) is 0 Å². The van der Waals surface area contributed by atoms with Gasteiger partial charge in [0, 0.05) is 10.5 Å². The van der Waals surface area contributed by atoms with E-state index in [1.807, 2.05) is 6.07 Å². The molecule has 0 aromatic heterocycles. The summed E-state index contributed by atoms with van der Waals surface area (Å²) in [5.41, 5.74) is 1.25. The molecular formula is C15H18BrNOS. The van der Waals surface area contributed by atoms with Crippen LogP contribution in [0.5, 0.6) is 0 Å². The number of hydrogen-bond acceptors (Lipinski definition) is 2. The van der Waals surface area contributed by atoms with Gasteiger partial charge in [0.25, 0.3) is 0 Å². The van der Waals surface area contributed by atoms with Crippen molar-refractivity contribution in [1.29, 1.82) is 0 Å². The highest BCUT2D eigenvalue weighted by molar-refractivity contribution is 9.10. The number of benzene rings is 1. The molecule has 1 amide bonds. The van der Waals surface area contributed by atoms with Crippen molar-refractivity contribution in [1.82, 2.24) is 4.90 Å². The first-order valence-corrected chi connectivity index (χ1v) is 8.78. The van der Waals surface area contributed by atoms with E-state index in [9.17, 15) is 4.79 Å². The van der Waals surface area contributed by atoms with Crippen molar-refractivity contribution in [3.8, 4) is 0 Å². The summed E-state index contributed by atoms with van der Waals surface area (Å²) < 4.78 is 1.09. The van der Waals surface area contributed by atoms with Crippen LogP contribution in [0.1, 0.15) is 43.0 Å². The second kappa shape index (κ2) is 5.88. The summed E-state index contributed by atoms with van der Waals surface area (Å²) >= 11 is 5.30. The summed E-state index contributed by atoms with van der Waals surface area (Å²) in [6.45, 7) is 0. The van der Waals surface area contributed by atoms with Crippen molar-refractivity contribution >= 4 is 33.6 Å². The maximum absolute atomic E-state index is 12.2. The molecule has 1 aliphatic carbocycles. The van der Waals surface area contributed by atoms with E-state index in [1.165, 1.54) is 37.7 Å². The van der Waals surface area contributed by atoms with Crippen molar-refractivity contribution in [2.75, 3.05) is 5.75 Å². The van der Waals surface area contributed by atoms with E-state index in [2.05, 4.69) is 39.0 Å². The molecule has 2 fully saturated rings. The molecule has 0 N–H and O–H groups in total. The van der Waals surface area contributed by atoms with Crippen LogP contribution in [0.15, 0.2) is 28.7 Å². The van der Waals surface area contributed by atoms with Gasteiger partial charge in [-0.1, -0.05) is 47.3 Å². The summed E-state index contributed by atoms with van der Waals surface area (Å²) in [5, 5.41) is 0.216. The Morgan fingerprint density at radius 1 is 1.21 bits per heavy atom. The van der Waals surface area contributed by atoms with Gasteiger partial charge < -0.3 is 4.90 Å². The van der Waals surface area contributed by atoms with E-state index in [4.69, 9.17) is 0 Å². The molecule has 1 aromatic rings. The Kier molecular flexibility index (Phi) is 4.18. The Morgan fingerprint density at radius 3 is 2.74 bits per heavy atom. The maximum Gasteiger partial charge on any atom is 0.234 e. The van der Waals surface area contributed by atoms with Gasteiger partial charge >= 0.3 is 0 Å². The van der Waals surface area contributed by atoms with Crippen LogP contribution in [0.25, 0.3) is 0 Å². The Labute approximate surface area is 127 Å². The molecule has 4 heteroatoms. The van der Waals surface area contributed by atoms with Crippen molar-refractivity contribution in [3.05, 3.63) is 34.3 Å². The molecule has 1 unspecified atom stereocenters. The lowest BCUT2D eigenvalue weighted by Gasteiger charge is -2.35. The summed E-state index contributed by atoms with van der Waals surface area (Å²) in [7, 11) is 0. The summed E-state index contributed by atoms with van der Waals surface area (Å²) in [6, 6.07) is 8.83. The van der Waals surface area contributed by atoms with Crippen molar-refractivity contribution in [2.45, 2.75) is 43.5 Å². The molecule has 1 saturated carbocycles. The zero-order valence-electron chi connectivity index (χ0n) is 10.8. The second-order valence-electron chi connectivity index (χ2n) is 5.31. The predicted octanol–water partition coefficient (Wildman–Crippen LogP) is 4.36. The molecule has 0 spiro atoms. The highest BCUT2D eigenvalue weighted by atomic mass is 79.9. The Bertz CT molecular complexity index is 473. The Hall–Kier alpha value is -0.480.